The van der Waals surface area contributed by atoms with Crippen LogP contribution in [-0.4, -0.2) is 21.9 Å². The van der Waals surface area contributed by atoms with Gasteiger partial charge in [-0.3, -0.25) is 10.5 Å². The van der Waals surface area contributed by atoms with Gasteiger partial charge in [-0.25, -0.2) is 10.4 Å². The quantitative estimate of drug-likeness (QED) is 0.604. The van der Waals surface area contributed by atoms with Crippen LogP contribution >= 0.6 is 0 Å². The molecule has 2 rings (SSSR count). The van der Waals surface area contributed by atoms with E-state index in [2.05, 4.69) is 22.4 Å². The molecule has 2 aromatic rings. The molecular formula is C13H19N5O. The highest BCUT2D eigenvalue weighted by Crippen LogP contribution is 2.27. The first-order valence-corrected chi connectivity index (χ1v) is 6.27. The summed E-state index contributed by atoms with van der Waals surface area (Å²) in [4.78, 5) is 4.19. The Hall–Kier alpha value is -1.92. The van der Waals surface area contributed by atoms with E-state index in [1.54, 1.807) is 13.3 Å². The van der Waals surface area contributed by atoms with Crippen molar-refractivity contribution in [1.82, 2.24) is 20.2 Å². The van der Waals surface area contributed by atoms with Crippen LogP contribution in [0.2, 0.25) is 0 Å². The maximum Gasteiger partial charge on any atom is 0.218 e. The molecule has 0 radical (unpaired) electrons. The molecule has 1 atom stereocenters. The highest BCUT2D eigenvalue weighted by atomic mass is 16.5. The Kier molecular flexibility index (Phi) is 4.48. The largest absolute Gasteiger partial charge is 0.481 e. The second kappa shape index (κ2) is 6.31. The zero-order valence-corrected chi connectivity index (χ0v) is 11.2. The predicted molar refractivity (Wildman–Crippen MR) is 72.5 cm³/mol. The Balaban J connectivity index is 2.32. The van der Waals surface area contributed by atoms with E-state index in [1.807, 2.05) is 29.2 Å². The van der Waals surface area contributed by atoms with E-state index in [0.29, 0.717) is 5.88 Å². The third-order valence-electron chi connectivity index (χ3n) is 2.91. The molecule has 6 heteroatoms. The summed E-state index contributed by atoms with van der Waals surface area (Å²) in [7, 11) is 1.60. The van der Waals surface area contributed by atoms with Crippen LogP contribution in [0.3, 0.4) is 0 Å². The van der Waals surface area contributed by atoms with Crippen LogP contribution in [0.15, 0.2) is 30.7 Å². The molecule has 2 aromatic heterocycles. The van der Waals surface area contributed by atoms with Gasteiger partial charge < -0.3 is 4.74 Å². The van der Waals surface area contributed by atoms with Gasteiger partial charge in [0.15, 0.2) is 0 Å². The first-order chi connectivity index (χ1) is 9.30. The molecule has 0 fully saturated rings. The predicted octanol–water partition coefficient (Wildman–Crippen LogP) is 1.25. The monoisotopic (exact) mass is 261 g/mol. The Morgan fingerprint density at radius 3 is 3.05 bits per heavy atom. The summed E-state index contributed by atoms with van der Waals surface area (Å²) in [5.74, 6) is 6.24. The van der Waals surface area contributed by atoms with Crippen LogP contribution < -0.4 is 16.0 Å². The average Bonchev–Trinajstić information content (AvgIpc) is 2.89. The van der Waals surface area contributed by atoms with Crippen LogP contribution in [0.4, 0.5) is 0 Å². The maximum absolute atomic E-state index is 5.67. The fourth-order valence-corrected chi connectivity index (χ4v) is 2.04. The fraction of sp³-hybridized carbons (Fsp3) is 0.385. The van der Waals surface area contributed by atoms with Crippen molar-refractivity contribution < 1.29 is 4.74 Å². The Morgan fingerprint density at radius 2 is 2.37 bits per heavy atom. The second-order valence-electron chi connectivity index (χ2n) is 4.24. The lowest BCUT2D eigenvalue weighted by atomic mass is 10.0. The number of aryl methyl sites for hydroxylation is 1. The number of ether oxygens (including phenoxy) is 1. The van der Waals surface area contributed by atoms with Crippen LogP contribution in [-0.2, 0) is 6.54 Å². The maximum atomic E-state index is 5.67. The van der Waals surface area contributed by atoms with E-state index in [-0.39, 0.29) is 6.04 Å². The molecule has 0 aliphatic heterocycles. The molecule has 0 aliphatic rings. The van der Waals surface area contributed by atoms with Gasteiger partial charge in [0.05, 0.1) is 19.3 Å². The minimum absolute atomic E-state index is 0.186. The molecule has 2 heterocycles. The van der Waals surface area contributed by atoms with Crippen LogP contribution in [0.1, 0.15) is 30.5 Å². The van der Waals surface area contributed by atoms with Gasteiger partial charge in [-0.2, -0.15) is 5.10 Å². The smallest absolute Gasteiger partial charge is 0.218 e. The first kappa shape index (κ1) is 13.5. The van der Waals surface area contributed by atoms with Crippen molar-refractivity contribution in [1.29, 1.82) is 0 Å². The summed E-state index contributed by atoms with van der Waals surface area (Å²) in [5.41, 5.74) is 4.67. The number of hydrazine groups is 1. The van der Waals surface area contributed by atoms with Crippen molar-refractivity contribution in [2.75, 3.05) is 7.11 Å². The minimum Gasteiger partial charge on any atom is -0.481 e. The van der Waals surface area contributed by atoms with Gasteiger partial charge in [0.1, 0.15) is 0 Å². The van der Waals surface area contributed by atoms with Gasteiger partial charge in [0, 0.05) is 30.1 Å². The van der Waals surface area contributed by atoms with Crippen LogP contribution in [0, 0.1) is 0 Å². The van der Waals surface area contributed by atoms with E-state index in [0.717, 1.165) is 24.1 Å². The topological polar surface area (TPSA) is 78.0 Å². The fourth-order valence-electron chi connectivity index (χ4n) is 2.04. The molecule has 0 saturated heterocycles. The molecule has 0 amide bonds. The average molecular weight is 261 g/mol. The van der Waals surface area contributed by atoms with E-state index in [9.17, 15) is 0 Å². The van der Waals surface area contributed by atoms with Crippen LogP contribution in [0.5, 0.6) is 5.88 Å². The van der Waals surface area contributed by atoms with Crippen molar-refractivity contribution in [2.45, 2.75) is 25.9 Å². The number of hydrogen-bond acceptors (Lipinski definition) is 5. The molecule has 19 heavy (non-hydrogen) atoms. The molecule has 0 bridgehead atoms. The molecule has 0 saturated carbocycles. The SMILES string of the molecule is CCCn1cc(C(NN)c2cccnc2OC)cn1. The third kappa shape index (κ3) is 2.91. The second-order valence-corrected chi connectivity index (χ2v) is 4.24. The van der Waals surface area contributed by atoms with Crippen molar-refractivity contribution >= 4 is 0 Å². The van der Waals surface area contributed by atoms with Crippen molar-refractivity contribution in [3.63, 3.8) is 0 Å². The van der Waals surface area contributed by atoms with Crippen molar-refractivity contribution in [3.8, 4) is 5.88 Å². The number of nitrogens with two attached hydrogens (primary N) is 1. The zero-order valence-electron chi connectivity index (χ0n) is 11.2. The Bertz CT molecular complexity index is 525. The number of hydrogen-bond donors (Lipinski definition) is 2. The lowest BCUT2D eigenvalue weighted by molar-refractivity contribution is 0.387. The number of nitrogens with one attached hydrogen (secondary N) is 1. The number of rotatable bonds is 6. The number of nitrogens with zero attached hydrogens (tertiary/aromatic N) is 3. The molecule has 3 N–H and O–H groups in total. The zero-order chi connectivity index (χ0) is 13.7. The van der Waals surface area contributed by atoms with Crippen molar-refractivity contribution in [2.24, 2.45) is 5.84 Å². The van der Waals surface area contributed by atoms with Gasteiger partial charge in [-0.05, 0) is 12.5 Å². The van der Waals surface area contributed by atoms with E-state index >= 15 is 0 Å². The highest BCUT2D eigenvalue weighted by molar-refractivity contribution is 5.35. The van der Waals surface area contributed by atoms with Gasteiger partial charge in [0.25, 0.3) is 0 Å². The molecule has 0 spiro atoms. The third-order valence-corrected chi connectivity index (χ3v) is 2.91. The Labute approximate surface area is 112 Å². The van der Waals surface area contributed by atoms with E-state index < -0.39 is 0 Å². The highest BCUT2D eigenvalue weighted by Gasteiger charge is 2.19. The summed E-state index contributed by atoms with van der Waals surface area (Å²) in [6, 6.07) is 3.61. The summed E-state index contributed by atoms with van der Waals surface area (Å²) >= 11 is 0. The summed E-state index contributed by atoms with van der Waals surface area (Å²) in [6.07, 6.45) is 6.53. The lowest BCUT2D eigenvalue weighted by Gasteiger charge is -2.16. The molecule has 102 valence electrons. The van der Waals surface area contributed by atoms with E-state index in [4.69, 9.17) is 10.6 Å². The van der Waals surface area contributed by atoms with E-state index in [1.165, 1.54) is 0 Å². The Morgan fingerprint density at radius 1 is 1.53 bits per heavy atom. The molecule has 0 aliphatic carbocycles. The summed E-state index contributed by atoms with van der Waals surface area (Å²) < 4.78 is 7.18. The molecule has 0 aromatic carbocycles. The number of pyridine rings is 1. The normalized spacial score (nSPS) is 12.4. The first-order valence-electron chi connectivity index (χ1n) is 6.27. The summed E-state index contributed by atoms with van der Waals surface area (Å²) in [6.45, 7) is 3.01. The van der Waals surface area contributed by atoms with Gasteiger partial charge in [0.2, 0.25) is 5.88 Å². The van der Waals surface area contributed by atoms with Crippen molar-refractivity contribution in [3.05, 3.63) is 41.9 Å². The van der Waals surface area contributed by atoms with Gasteiger partial charge in [-0.15, -0.1) is 0 Å². The van der Waals surface area contributed by atoms with Gasteiger partial charge >= 0.3 is 0 Å². The standard InChI is InChI=1S/C13H19N5O/c1-3-7-18-9-10(8-16-18)12(17-14)11-5-4-6-15-13(11)19-2/h4-6,8-9,12,17H,3,7,14H2,1-2H3. The minimum atomic E-state index is -0.186. The molecular weight excluding hydrogens is 242 g/mol. The lowest BCUT2D eigenvalue weighted by Crippen LogP contribution is -2.29. The molecule has 6 nitrogen and oxygen atoms in total. The number of aromatic nitrogens is 3. The van der Waals surface area contributed by atoms with Crippen LogP contribution in [0.25, 0.3) is 0 Å². The molecule has 1 unspecified atom stereocenters. The van der Waals surface area contributed by atoms with Gasteiger partial charge in [-0.1, -0.05) is 13.0 Å². The summed E-state index contributed by atoms with van der Waals surface area (Å²) in [5, 5.41) is 4.32. The number of methoxy groups -OCH3 is 1.